The first-order valence-electron chi connectivity index (χ1n) is 3.92. The number of rotatable bonds is 6. The van der Waals surface area contributed by atoms with Crippen molar-refractivity contribution in [2.45, 2.75) is 18.4 Å². The summed E-state index contributed by atoms with van der Waals surface area (Å²) in [4.78, 5) is 48.1. The molecule has 14 heteroatoms. The monoisotopic (exact) mass is 344 g/mol. The topological polar surface area (TPSA) is 179 Å². The van der Waals surface area contributed by atoms with Crippen molar-refractivity contribution in [3.05, 3.63) is 0 Å². The third kappa shape index (κ3) is 13.2. The van der Waals surface area contributed by atoms with E-state index < -0.39 is 44.2 Å². The van der Waals surface area contributed by atoms with Crippen molar-refractivity contribution < 1.29 is 48.6 Å². The molecule has 0 aromatic rings. The second-order valence-electron chi connectivity index (χ2n) is 3.04. The molecule has 0 fully saturated rings. The zero-order valence-corrected chi connectivity index (χ0v) is 9.03. The Kier molecular flexibility index (Phi) is 17.7. The molecule has 0 bridgehead atoms. The minimum atomic E-state index is -5.17. The van der Waals surface area contributed by atoms with Crippen molar-refractivity contribution in [2.75, 3.05) is 0 Å². The van der Waals surface area contributed by atoms with Gasteiger partial charge >= 0.3 is 114 Å². The zero-order chi connectivity index (χ0) is 13.9. The van der Waals surface area contributed by atoms with E-state index in [2.05, 4.69) is 4.52 Å². The summed E-state index contributed by atoms with van der Waals surface area (Å²) in [6, 6.07) is 0. The normalized spacial score (nSPS) is 12.6. The van der Waals surface area contributed by atoms with Crippen LogP contribution in [0.25, 0.3) is 0 Å². The van der Waals surface area contributed by atoms with Gasteiger partial charge in [0.15, 0.2) is 5.60 Å². The number of hydrogen-bond acceptors (Lipinski definition) is 6. The van der Waals surface area contributed by atoms with Gasteiger partial charge in [-0.15, -0.1) is 0 Å². The molecular weight excluding hydrogens is 332 g/mol. The Balaban J connectivity index is -0.000000427. The van der Waals surface area contributed by atoms with Crippen molar-refractivity contribution in [3.8, 4) is 0 Å². The Bertz CT molecular complexity index is 394. The molecule has 0 spiro atoms. The van der Waals surface area contributed by atoms with Crippen LogP contribution in [0, 0.1) is 0 Å². The molecule has 0 aliphatic rings. The molecule has 1 unspecified atom stereocenters. The second kappa shape index (κ2) is 12.0. The summed E-state index contributed by atoms with van der Waals surface area (Å²) < 4.78 is 13.7. The summed E-state index contributed by atoms with van der Waals surface area (Å²) in [7, 11) is -5.17. The molecule has 0 aromatic heterocycles. The average Bonchev–Trinajstić information content (AvgIpc) is 1.96. The number of phosphoric ester groups is 1. The standard InChI is InChI=1S/C6H9O10P.3Na.3H/c7-3(8)1-6(12,5(10)11)2-4(9)16-17(13,14)15;;;;;;/h12H,1-2H2,(H,7,8)(H,10,11)(H2,13,14,15);;;;;;. The summed E-state index contributed by atoms with van der Waals surface area (Å²) in [5, 5.41) is 26.1. The molecule has 0 aliphatic carbocycles. The molecule has 1 atom stereocenters. The average molecular weight is 344 g/mol. The molecule has 0 saturated heterocycles. The fraction of sp³-hybridized carbons (Fsp3) is 0.500. The van der Waals surface area contributed by atoms with Gasteiger partial charge in [-0.05, 0) is 0 Å². The molecule has 104 valence electrons. The predicted octanol–water partition coefficient (Wildman–Crippen LogP) is -3.64. The van der Waals surface area contributed by atoms with Crippen LogP contribution in [-0.4, -0.2) is 137 Å². The first-order chi connectivity index (χ1) is 7.46. The van der Waals surface area contributed by atoms with Crippen LogP contribution in [0.4, 0.5) is 0 Å². The number of carbonyl (C=O) groups excluding carboxylic acids is 1. The number of carbonyl (C=O) groups is 3. The molecule has 0 rings (SSSR count). The van der Waals surface area contributed by atoms with Crippen LogP contribution in [0.2, 0.25) is 0 Å². The summed E-state index contributed by atoms with van der Waals surface area (Å²) in [5.41, 5.74) is -2.99. The second-order valence-corrected chi connectivity index (χ2v) is 4.20. The van der Waals surface area contributed by atoms with Gasteiger partial charge in [0.25, 0.3) is 0 Å². The van der Waals surface area contributed by atoms with Crippen molar-refractivity contribution in [2.24, 2.45) is 0 Å². The van der Waals surface area contributed by atoms with Gasteiger partial charge in [-0.3, -0.25) is 19.4 Å². The molecule has 10 nitrogen and oxygen atoms in total. The van der Waals surface area contributed by atoms with Crippen LogP contribution >= 0.6 is 7.82 Å². The molecule has 0 radical (unpaired) electrons. The van der Waals surface area contributed by atoms with E-state index in [-0.39, 0.29) is 88.7 Å². The van der Waals surface area contributed by atoms with E-state index in [9.17, 15) is 24.1 Å². The van der Waals surface area contributed by atoms with E-state index in [1.165, 1.54) is 0 Å². The summed E-state index contributed by atoms with van der Waals surface area (Å²) in [6.07, 6.45) is -2.72. The van der Waals surface area contributed by atoms with Gasteiger partial charge in [-0.2, -0.15) is 0 Å². The number of aliphatic carboxylic acids is 2. The van der Waals surface area contributed by atoms with Crippen LogP contribution in [0.3, 0.4) is 0 Å². The van der Waals surface area contributed by atoms with Crippen molar-refractivity contribution >= 4 is 114 Å². The molecule has 0 amide bonds. The summed E-state index contributed by atoms with van der Waals surface area (Å²) in [6.45, 7) is 0. The van der Waals surface area contributed by atoms with Crippen LogP contribution in [0.5, 0.6) is 0 Å². The Morgan fingerprint density at radius 2 is 1.40 bits per heavy atom. The Morgan fingerprint density at radius 3 is 1.65 bits per heavy atom. The number of carboxylic acids is 2. The van der Waals surface area contributed by atoms with Gasteiger partial charge in [0.2, 0.25) is 0 Å². The molecule has 0 aromatic carbocycles. The van der Waals surface area contributed by atoms with Gasteiger partial charge < -0.3 is 19.8 Å². The molecule has 20 heavy (non-hydrogen) atoms. The van der Waals surface area contributed by atoms with Gasteiger partial charge in [0.1, 0.15) is 0 Å². The predicted molar refractivity (Wildman–Crippen MR) is 69.0 cm³/mol. The molecule has 0 saturated carbocycles. The summed E-state index contributed by atoms with van der Waals surface area (Å²) in [5.74, 6) is -5.47. The first-order valence-corrected chi connectivity index (χ1v) is 5.45. The molecule has 5 N–H and O–H groups in total. The molecule has 0 aliphatic heterocycles. The van der Waals surface area contributed by atoms with Crippen molar-refractivity contribution in [3.63, 3.8) is 0 Å². The number of aliphatic hydroxyl groups is 1. The van der Waals surface area contributed by atoms with E-state index >= 15 is 0 Å². The minimum absolute atomic E-state index is 0. The maximum absolute atomic E-state index is 10.8. The zero-order valence-electron chi connectivity index (χ0n) is 8.14. The van der Waals surface area contributed by atoms with Crippen LogP contribution < -0.4 is 0 Å². The first kappa shape index (κ1) is 29.5. The third-order valence-corrected chi connectivity index (χ3v) is 1.94. The van der Waals surface area contributed by atoms with E-state index in [1.807, 2.05) is 0 Å². The van der Waals surface area contributed by atoms with Crippen molar-refractivity contribution in [1.82, 2.24) is 0 Å². The van der Waals surface area contributed by atoms with Gasteiger partial charge in [-0.1, -0.05) is 0 Å². The van der Waals surface area contributed by atoms with Gasteiger partial charge in [0.05, 0.1) is 12.8 Å². The van der Waals surface area contributed by atoms with Gasteiger partial charge in [-0.25, -0.2) is 9.36 Å². The fourth-order valence-corrected chi connectivity index (χ4v) is 1.20. The number of phosphoric acid groups is 1. The van der Waals surface area contributed by atoms with Crippen molar-refractivity contribution in [1.29, 1.82) is 0 Å². The Morgan fingerprint density at radius 1 is 1.00 bits per heavy atom. The Labute approximate surface area is 179 Å². The molecule has 0 heterocycles. The SMILES string of the molecule is O=C(O)CC(O)(CC(=O)OP(=O)(O)O)C(=O)O.[NaH].[NaH].[NaH]. The van der Waals surface area contributed by atoms with E-state index in [0.717, 1.165) is 0 Å². The fourth-order valence-electron chi connectivity index (χ4n) is 0.868. The summed E-state index contributed by atoms with van der Waals surface area (Å²) >= 11 is 0. The van der Waals surface area contributed by atoms with Gasteiger partial charge in [0, 0.05) is 0 Å². The maximum atomic E-state index is 10.8. The van der Waals surface area contributed by atoms with Crippen LogP contribution in [0.15, 0.2) is 0 Å². The Hall–Kier alpha value is 1.52. The number of hydrogen-bond donors (Lipinski definition) is 5. The third-order valence-electron chi connectivity index (χ3n) is 1.50. The van der Waals surface area contributed by atoms with E-state index in [4.69, 9.17) is 20.0 Å². The van der Waals surface area contributed by atoms with Crippen LogP contribution in [-0.2, 0) is 23.5 Å². The quantitative estimate of drug-likeness (QED) is 0.238. The van der Waals surface area contributed by atoms with E-state index in [1.54, 1.807) is 0 Å². The van der Waals surface area contributed by atoms with E-state index in [0.29, 0.717) is 0 Å². The van der Waals surface area contributed by atoms with Crippen LogP contribution in [0.1, 0.15) is 12.8 Å². The number of carboxylic acid groups (broad SMARTS) is 2. The molecular formula is C6H12Na3O10P.